The summed E-state index contributed by atoms with van der Waals surface area (Å²) in [7, 11) is 0. The average Bonchev–Trinajstić information content (AvgIpc) is 2.64. The number of aryl methyl sites for hydroxylation is 1. The Morgan fingerprint density at radius 3 is 2.71 bits per heavy atom. The van der Waals surface area contributed by atoms with Gasteiger partial charge in [0.2, 0.25) is 0 Å². The monoisotopic (exact) mass is 191 g/mol. The molecule has 14 heavy (non-hydrogen) atoms. The first-order chi connectivity index (χ1) is 6.79. The second kappa shape index (κ2) is 5.14. The van der Waals surface area contributed by atoms with E-state index in [9.17, 15) is 0 Å². The minimum Gasteiger partial charge on any atom is -0.261 e. The van der Waals surface area contributed by atoms with E-state index in [0.717, 1.165) is 11.8 Å². The molecule has 1 nitrogen and oxygen atoms in total. The Kier molecular flexibility index (Phi) is 4.12. The van der Waals surface area contributed by atoms with Gasteiger partial charge in [0, 0.05) is 11.9 Å². The molecular weight excluding hydrogens is 170 g/mol. The number of hydrogen-bond acceptors (Lipinski definition) is 1. The van der Waals surface area contributed by atoms with Gasteiger partial charge in [-0.1, -0.05) is 33.8 Å². The molecule has 78 valence electrons. The molecule has 1 unspecified atom stereocenters. The molecule has 1 atom stereocenters. The summed E-state index contributed by atoms with van der Waals surface area (Å²) in [4.78, 5) is 4.39. The summed E-state index contributed by atoms with van der Waals surface area (Å²) in [5, 5.41) is 0. The molecule has 0 spiro atoms. The topological polar surface area (TPSA) is 12.9 Å². The van der Waals surface area contributed by atoms with Gasteiger partial charge in [-0.05, 0) is 36.3 Å². The van der Waals surface area contributed by atoms with Crippen molar-refractivity contribution in [1.29, 1.82) is 0 Å². The first kappa shape index (κ1) is 11.2. The van der Waals surface area contributed by atoms with Gasteiger partial charge in [0.1, 0.15) is 0 Å². The minimum absolute atomic E-state index is 0.758. The zero-order valence-electron chi connectivity index (χ0n) is 9.75. The molecule has 0 N–H and O–H groups in total. The lowest BCUT2D eigenvalue weighted by Gasteiger charge is -2.14. The van der Waals surface area contributed by atoms with Crippen LogP contribution in [0.2, 0.25) is 0 Å². The molecule has 0 amide bonds. The molecule has 0 aromatic carbocycles. The van der Waals surface area contributed by atoms with Crippen LogP contribution in [-0.2, 0) is 6.42 Å². The van der Waals surface area contributed by atoms with Crippen LogP contribution < -0.4 is 0 Å². The van der Waals surface area contributed by atoms with Gasteiger partial charge >= 0.3 is 0 Å². The summed E-state index contributed by atoms with van der Waals surface area (Å²) in [6, 6.07) is 4.29. The van der Waals surface area contributed by atoms with Crippen LogP contribution in [0.1, 0.15) is 51.3 Å². The van der Waals surface area contributed by atoms with Crippen LogP contribution in [0.4, 0.5) is 0 Å². The number of rotatable bonds is 1. The smallest absolute Gasteiger partial charge is 0.0438 e. The average molecular weight is 191 g/mol. The quantitative estimate of drug-likeness (QED) is 0.658. The summed E-state index contributed by atoms with van der Waals surface area (Å²) in [5.74, 6) is 1.52. The maximum Gasteiger partial charge on any atom is 0.0438 e. The van der Waals surface area contributed by atoms with Gasteiger partial charge in [-0.15, -0.1) is 0 Å². The zero-order chi connectivity index (χ0) is 10.6. The first-order valence-electron chi connectivity index (χ1n) is 5.73. The van der Waals surface area contributed by atoms with E-state index >= 15 is 0 Å². The highest BCUT2D eigenvalue weighted by molar-refractivity contribution is 5.29. The van der Waals surface area contributed by atoms with Gasteiger partial charge in [-0.2, -0.15) is 0 Å². The maximum atomic E-state index is 4.39. The van der Waals surface area contributed by atoms with Crippen LogP contribution in [-0.4, -0.2) is 4.98 Å². The second-order valence-corrected chi connectivity index (χ2v) is 3.93. The molecular formula is C13H21N. The van der Waals surface area contributed by atoms with Crippen molar-refractivity contribution in [2.24, 2.45) is 5.92 Å². The van der Waals surface area contributed by atoms with Crippen LogP contribution in [0.5, 0.6) is 0 Å². The van der Waals surface area contributed by atoms with Crippen LogP contribution in [0.25, 0.3) is 0 Å². The predicted octanol–water partition coefficient (Wildman–Crippen LogP) is 3.79. The molecule has 0 bridgehead atoms. The van der Waals surface area contributed by atoms with Gasteiger partial charge in [-0.25, -0.2) is 0 Å². The molecule has 0 saturated heterocycles. The van der Waals surface area contributed by atoms with Crippen molar-refractivity contribution in [3.63, 3.8) is 0 Å². The Hall–Kier alpha value is -0.850. The van der Waals surface area contributed by atoms with Crippen molar-refractivity contribution >= 4 is 0 Å². The molecule has 1 aromatic rings. The molecule has 2 rings (SSSR count). The first-order valence-corrected chi connectivity index (χ1v) is 5.73. The van der Waals surface area contributed by atoms with Gasteiger partial charge < -0.3 is 0 Å². The number of aromatic nitrogens is 1. The largest absolute Gasteiger partial charge is 0.261 e. The normalized spacial score (nSPS) is 18.8. The summed E-state index contributed by atoms with van der Waals surface area (Å²) in [6.07, 6.45) is 4.38. The summed E-state index contributed by atoms with van der Waals surface area (Å²) in [6.45, 7) is 8.60. The molecule has 1 heteroatoms. The van der Waals surface area contributed by atoms with Gasteiger partial charge in [0.25, 0.3) is 0 Å². The molecule has 1 aliphatic rings. The van der Waals surface area contributed by atoms with Crippen molar-refractivity contribution in [3.05, 3.63) is 29.6 Å². The Morgan fingerprint density at radius 2 is 2.07 bits per heavy atom. The van der Waals surface area contributed by atoms with E-state index in [0.29, 0.717) is 0 Å². The third kappa shape index (κ3) is 2.14. The van der Waals surface area contributed by atoms with Crippen LogP contribution >= 0.6 is 0 Å². The zero-order valence-corrected chi connectivity index (χ0v) is 9.75. The Morgan fingerprint density at radius 1 is 1.36 bits per heavy atom. The van der Waals surface area contributed by atoms with E-state index in [1.165, 1.54) is 24.1 Å². The highest BCUT2D eigenvalue weighted by Crippen LogP contribution is 2.36. The van der Waals surface area contributed by atoms with Crippen LogP contribution in [0.15, 0.2) is 18.3 Å². The lowest BCUT2D eigenvalue weighted by molar-refractivity contribution is 0.496. The molecule has 1 heterocycles. The van der Waals surface area contributed by atoms with Crippen molar-refractivity contribution in [2.45, 2.75) is 46.5 Å². The van der Waals surface area contributed by atoms with Gasteiger partial charge in [0.15, 0.2) is 0 Å². The third-order valence-corrected chi connectivity index (χ3v) is 2.82. The maximum absolute atomic E-state index is 4.39. The second-order valence-electron chi connectivity index (χ2n) is 3.93. The number of hydrogen-bond donors (Lipinski definition) is 0. The Balaban J connectivity index is 0.000000461. The van der Waals surface area contributed by atoms with Gasteiger partial charge in [0.05, 0.1) is 0 Å². The van der Waals surface area contributed by atoms with E-state index < -0.39 is 0 Å². The number of fused-ring (bicyclic) bond motifs is 1. The van der Waals surface area contributed by atoms with E-state index in [-0.39, 0.29) is 0 Å². The molecule has 0 fully saturated rings. The lowest BCUT2D eigenvalue weighted by atomic mass is 9.91. The fourth-order valence-corrected chi connectivity index (χ4v) is 2.14. The number of nitrogens with zero attached hydrogens (tertiary/aromatic N) is 1. The van der Waals surface area contributed by atoms with E-state index in [1.54, 1.807) is 0 Å². The molecule has 0 saturated carbocycles. The SMILES string of the molecule is CC.CC(C)C1CCc2ncccc21. The van der Waals surface area contributed by atoms with Crippen LogP contribution in [0, 0.1) is 5.92 Å². The Bertz CT molecular complexity index is 278. The molecule has 0 aliphatic heterocycles. The summed E-state index contributed by atoms with van der Waals surface area (Å²) >= 11 is 0. The molecule has 1 aromatic heterocycles. The fraction of sp³-hybridized carbons (Fsp3) is 0.615. The van der Waals surface area contributed by atoms with E-state index in [1.807, 2.05) is 20.0 Å². The standard InChI is InChI=1S/C11H15N.C2H6/c1-8(2)9-5-6-11-10(9)4-3-7-12-11;1-2/h3-4,7-9H,5-6H2,1-2H3;1-2H3. The summed E-state index contributed by atoms with van der Waals surface area (Å²) in [5.41, 5.74) is 2.82. The van der Waals surface area contributed by atoms with E-state index in [2.05, 4.69) is 31.0 Å². The van der Waals surface area contributed by atoms with E-state index in [4.69, 9.17) is 0 Å². The highest BCUT2D eigenvalue weighted by atomic mass is 14.7. The third-order valence-electron chi connectivity index (χ3n) is 2.82. The number of pyridine rings is 1. The fourth-order valence-electron chi connectivity index (χ4n) is 2.14. The van der Waals surface area contributed by atoms with Crippen molar-refractivity contribution in [2.75, 3.05) is 0 Å². The highest BCUT2D eigenvalue weighted by Gasteiger charge is 2.24. The van der Waals surface area contributed by atoms with Crippen molar-refractivity contribution < 1.29 is 0 Å². The molecule has 1 aliphatic carbocycles. The minimum atomic E-state index is 0.758. The molecule has 0 radical (unpaired) electrons. The van der Waals surface area contributed by atoms with Crippen molar-refractivity contribution in [1.82, 2.24) is 4.98 Å². The Labute approximate surface area is 87.6 Å². The van der Waals surface area contributed by atoms with Crippen molar-refractivity contribution in [3.8, 4) is 0 Å². The van der Waals surface area contributed by atoms with Crippen LogP contribution in [0.3, 0.4) is 0 Å². The van der Waals surface area contributed by atoms with Gasteiger partial charge in [-0.3, -0.25) is 4.98 Å². The predicted molar refractivity (Wildman–Crippen MR) is 61.5 cm³/mol. The summed E-state index contributed by atoms with van der Waals surface area (Å²) < 4.78 is 0. The lowest BCUT2D eigenvalue weighted by Crippen LogP contribution is -2.01.